The molecule has 0 radical (unpaired) electrons. The quantitative estimate of drug-likeness (QED) is 0.647. The van der Waals surface area contributed by atoms with E-state index in [1.54, 1.807) is 0 Å². The zero-order chi connectivity index (χ0) is 11.9. The van der Waals surface area contributed by atoms with Crippen LogP contribution in [0.2, 0.25) is 0 Å². The minimum Gasteiger partial charge on any atom is -0.481 e. The van der Waals surface area contributed by atoms with Gasteiger partial charge in [0.1, 0.15) is 0 Å². The number of aliphatic hydroxyl groups is 1. The molecule has 90 valence electrons. The summed E-state index contributed by atoms with van der Waals surface area (Å²) in [5, 5.41) is 19.9. The molecule has 1 fully saturated rings. The van der Waals surface area contributed by atoms with Crippen molar-refractivity contribution in [2.75, 3.05) is 19.7 Å². The third-order valence-electron chi connectivity index (χ3n) is 2.85. The summed E-state index contributed by atoms with van der Waals surface area (Å²) in [5.74, 6) is -0.131. The van der Waals surface area contributed by atoms with Gasteiger partial charge < -0.3 is 15.5 Å². The molecule has 1 aliphatic heterocycles. The van der Waals surface area contributed by atoms with E-state index in [2.05, 4.69) is 19.2 Å². The Morgan fingerprint density at radius 1 is 1.40 bits per heavy atom. The van der Waals surface area contributed by atoms with Crippen LogP contribution in [0, 0.1) is 11.3 Å². The highest BCUT2D eigenvalue weighted by Gasteiger charge is 2.29. The summed E-state index contributed by atoms with van der Waals surface area (Å²) in [7, 11) is 0. The first-order chi connectivity index (χ1) is 6.90. The molecule has 0 unspecified atom stereocenters. The van der Waals surface area contributed by atoms with E-state index in [0.29, 0.717) is 12.5 Å². The Morgan fingerprint density at radius 2 is 1.80 bits per heavy atom. The second kappa shape index (κ2) is 6.80. The fourth-order valence-corrected chi connectivity index (χ4v) is 1.73. The molecule has 4 nitrogen and oxygen atoms in total. The predicted octanol–water partition coefficient (Wildman–Crippen LogP) is 1.10. The molecule has 0 aliphatic carbocycles. The Bertz CT molecular complexity index is 182. The number of carboxylic acids is 1. The van der Waals surface area contributed by atoms with Gasteiger partial charge in [0.25, 0.3) is 5.97 Å². The monoisotopic (exact) mass is 217 g/mol. The van der Waals surface area contributed by atoms with Crippen molar-refractivity contribution in [1.29, 1.82) is 0 Å². The predicted molar refractivity (Wildman–Crippen MR) is 59.8 cm³/mol. The first-order valence-electron chi connectivity index (χ1n) is 5.41. The van der Waals surface area contributed by atoms with Crippen LogP contribution in [0.1, 0.15) is 33.6 Å². The number of carboxylic acid groups (broad SMARTS) is 1. The number of piperidine rings is 1. The van der Waals surface area contributed by atoms with Gasteiger partial charge in [0.2, 0.25) is 0 Å². The molecule has 1 heterocycles. The molecule has 0 saturated carbocycles. The molecule has 0 atom stereocenters. The van der Waals surface area contributed by atoms with E-state index in [4.69, 9.17) is 15.0 Å². The maximum Gasteiger partial charge on any atom is 0.300 e. The lowest BCUT2D eigenvalue weighted by Gasteiger charge is -2.35. The fourth-order valence-electron chi connectivity index (χ4n) is 1.73. The normalized spacial score (nSPS) is 17.9. The van der Waals surface area contributed by atoms with Gasteiger partial charge in [-0.1, -0.05) is 13.8 Å². The lowest BCUT2D eigenvalue weighted by Crippen LogP contribution is -2.37. The van der Waals surface area contributed by atoms with Crippen LogP contribution >= 0.6 is 0 Å². The first kappa shape index (κ1) is 14.4. The van der Waals surface area contributed by atoms with E-state index < -0.39 is 5.97 Å². The number of nitrogens with one attached hydrogen (secondary N) is 1. The number of hydrogen-bond donors (Lipinski definition) is 3. The minimum absolute atomic E-state index is 0.127. The molecule has 1 saturated heterocycles. The highest BCUT2D eigenvalue weighted by Crippen LogP contribution is 2.32. The number of carbonyl (C=O) groups is 1. The minimum atomic E-state index is -0.833. The summed E-state index contributed by atoms with van der Waals surface area (Å²) < 4.78 is 0. The van der Waals surface area contributed by atoms with Crippen molar-refractivity contribution in [3.8, 4) is 0 Å². The van der Waals surface area contributed by atoms with E-state index in [0.717, 1.165) is 20.0 Å². The van der Waals surface area contributed by atoms with Crippen LogP contribution in [-0.4, -0.2) is 35.9 Å². The number of aliphatic hydroxyl groups excluding tert-OH is 1. The Morgan fingerprint density at radius 3 is 2.13 bits per heavy atom. The van der Waals surface area contributed by atoms with Crippen molar-refractivity contribution in [1.82, 2.24) is 5.32 Å². The Labute approximate surface area is 91.7 Å². The Hall–Kier alpha value is -0.610. The third kappa shape index (κ3) is 6.47. The van der Waals surface area contributed by atoms with Crippen LogP contribution < -0.4 is 5.32 Å². The average molecular weight is 217 g/mol. The largest absolute Gasteiger partial charge is 0.481 e. The molecular weight excluding hydrogens is 194 g/mol. The molecule has 0 aromatic rings. The maximum absolute atomic E-state index is 9.13. The Balaban J connectivity index is 0.000000423. The first-order valence-corrected chi connectivity index (χ1v) is 5.41. The van der Waals surface area contributed by atoms with Gasteiger partial charge in [-0.3, -0.25) is 4.79 Å². The van der Waals surface area contributed by atoms with Crippen LogP contribution in [0.25, 0.3) is 0 Å². The fraction of sp³-hybridized carbons (Fsp3) is 0.909. The van der Waals surface area contributed by atoms with Gasteiger partial charge >= 0.3 is 0 Å². The molecule has 0 aromatic carbocycles. The van der Waals surface area contributed by atoms with E-state index in [9.17, 15) is 0 Å². The van der Waals surface area contributed by atoms with Gasteiger partial charge in [0.15, 0.2) is 0 Å². The van der Waals surface area contributed by atoms with E-state index in [1.165, 1.54) is 12.8 Å². The number of rotatable bonds is 2. The SMILES string of the molecule is CC(=O)O.CC(C)(CO)C1CCNCC1. The van der Waals surface area contributed by atoms with Crippen LogP contribution in [-0.2, 0) is 4.79 Å². The van der Waals surface area contributed by atoms with Crippen LogP contribution in [0.4, 0.5) is 0 Å². The van der Waals surface area contributed by atoms with Crippen molar-refractivity contribution >= 4 is 5.97 Å². The van der Waals surface area contributed by atoms with Crippen molar-refractivity contribution in [2.45, 2.75) is 33.6 Å². The highest BCUT2D eigenvalue weighted by molar-refractivity contribution is 5.62. The van der Waals surface area contributed by atoms with Crippen LogP contribution in [0.15, 0.2) is 0 Å². The van der Waals surface area contributed by atoms with Crippen molar-refractivity contribution < 1.29 is 15.0 Å². The lowest BCUT2D eigenvalue weighted by molar-refractivity contribution is -0.134. The van der Waals surface area contributed by atoms with Gasteiger partial charge in [-0.2, -0.15) is 0 Å². The molecule has 0 spiro atoms. The molecule has 0 amide bonds. The zero-order valence-electron chi connectivity index (χ0n) is 9.92. The Kier molecular flexibility index (Phi) is 6.52. The summed E-state index contributed by atoms with van der Waals surface area (Å²) in [4.78, 5) is 9.00. The maximum atomic E-state index is 9.13. The van der Waals surface area contributed by atoms with Gasteiger partial charge in [0, 0.05) is 13.5 Å². The van der Waals surface area contributed by atoms with Crippen LogP contribution in [0.5, 0.6) is 0 Å². The standard InChI is InChI=1S/C9H19NO.C2H4O2/c1-9(2,7-11)8-3-5-10-6-4-8;1-2(3)4/h8,10-11H,3-7H2,1-2H3;1H3,(H,3,4). The summed E-state index contributed by atoms with van der Waals surface area (Å²) >= 11 is 0. The van der Waals surface area contributed by atoms with Crippen molar-refractivity contribution in [2.24, 2.45) is 11.3 Å². The van der Waals surface area contributed by atoms with Gasteiger partial charge in [-0.05, 0) is 37.3 Å². The number of aliphatic carboxylic acids is 1. The molecular formula is C11H23NO3. The summed E-state index contributed by atoms with van der Waals surface area (Å²) in [5.41, 5.74) is 0.127. The van der Waals surface area contributed by atoms with E-state index in [1.807, 2.05) is 0 Å². The molecule has 4 heteroatoms. The molecule has 3 N–H and O–H groups in total. The molecule has 0 bridgehead atoms. The molecule has 0 aromatic heterocycles. The van der Waals surface area contributed by atoms with Crippen molar-refractivity contribution in [3.05, 3.63) is 0 Å². The number of hydrogen-bond acceptors (Lipinski definition) is 3. The van der Waals surface area contributed by atoms with Gasteiger partial charge in [0.05, 0.1) is 0 Å². The smallest absolute Gasteiger partial charge is 0.300 e. The lowest BCUT2D eigenvalue weighted by atomic mass is 9.75. The third-order valence-corrected chi connectivity index (χ3v) is 2.85. The van der Waals surface area contributed by atoms with Gasteiger partial charge in [-0.25, -0.2) is 0 Å². The summed E-state index contributed by atoms with van der Waals surface area (Å²) in [6.45, 7) is 7.95. The highest BCUT2D eigenvalue weighted by atomic mass is 16.4. The second-order valence-corrected chi connectivity index (χ2v) is 4.69. The molecule has 1 aliphatic rings. The summed E-state index contributed by atoms with van der Waals surface area (Å²) in [6.07, 6.45) is 2.43. The average Bonchev–Trinajstić information content (AvgIpc) is 2.18. The van der Waals surface area contributed by atoms with Crippen molar-refractivity contribution in [3.63, 3.8) is 0 Å². The van der Waals surface area contributed by atoms with Crippen LogP contribution in [0.3, 0.4) is 0 Å². The van der Waals surface area contributed by atoms with Gasteiger partial charge in [-0.15, -0.1) is 0 Å². The molecule has 15 heavy (non-hydrogen) atoms. The topological polar surface area (TPSA) is 69.6 Å². The van der Waals surface area contributed by atoms with E-state index in [-0.39, 0.29) is 5.41 Å². The second-order valence-electron chi connectivity index (χ2n) is 4.69. The summed E-state index contributed by atoms with van der Waals surface area (Å²) in [6, 6.07) is 0. The zero-order valence-corrected chi connectivity index (χ0v) is 9.92. The van der Waals surface area contributed by atoms with E-state index >= 15 is 0 Å². The molecule has 1 rings (SSSR count).